The highest BCUT2D eigenvalue weighted by molar-refractivity contribution is 7.89. The van der Waals surface area contributed by atoms with Crippen molar-refractivity contribution >= 4 is 27.3 Å². The summed E-state index contributed by atoms with van der Waals surface area (Å²) in [7, 11) is -4.09. The second kappa shape index (κ2) is 5.70. The highest BCUT2D eigenvalue weighted by Crippen LogP contribution is 2.25. The molecular formula is C11H10ClFN4O2S. The minimum absolute atomic E-state index is 0.0521. The third kappa shape index (κ3) is 3.21. The van der Waals surface area contributed by atoms with E-state index in [1.807, 2.05) is 0 Å². The molecule has 0 atom stereocenters. The van der Waals surface area contributed by atoms with Gasteiger partial charge in [0.1, 0.15) is 4.90 Å². The van der Waals surface area contributed by atoms with E-state index in [9.17, 15) is 12.8 Å². The zero-order chi connectivity index (χ0) is 14.8. The first-order valence-corrected chi connectivity index (χ1v) is 7.27. The fraction of sp³-hybridized carbons (Fsp3) is 0.0909. The van der Waals surface area contributed by atoms with Gasteiger partial charge in [-0.2, -0.15) is 10.2 Å². The number of aromatic nitrogens is 2. The summed E-state index contributed by atoms with van der Waals surface area (Å²) in [5.41, 5.74) is 5.91. The maximum Gasteiger partial charge on any atom is 0.243 e. The van der Waals surface area contributed by atoms with Gasteiger partial charge in [-0.3, -0.25) is 0 Å². The van der Waals surface area contributed by atoms with E-state index in [2.05, 4.69) is 14.9 Å². The van der Waals surface area contributed by atoms with Crippen LogP contribution >= 0.6 is 11.6 Å². The first-order valence-electron chi connectivity index (χ1n) is 5.41. The Morgan fingerprint density at radius 1 is 1.40 bits per heavy atom. The van der Waals surface area contributed by atoms with Crippen molar-refractivity contribution in [3.05, 3.63) is 47.0 Å². The number of hydrogen-bond acceptors (Lipinski definition) is 5. The van der Waals surface area contributed by atoms with Gasteiger partial charge in [0.05, 0.1) is 17.3 Å². The Kier molecular flexibility index (Phi) is 4.17. The zero-order valence-corrected chi connectivity index (χ0v) is 11.6. The second-order valence-electron chi connectivity index (χ2n) is 3.85. The van der Waals surface area contributed by atoms with Crippen LogP contribution in [0.4, 0.5) is 10.1 Å². The second-order valence-corrected chi connectivity index (χ2v) is 6.00. The molecule has 0 aliphatic carbocycles. The van der Waals surface area contributed by atoms with Crippen LogP contribution in [0.2, 0.25) is 5.02 Å². The fourth-order valence-electron chi connectivity index (χ4n) is 1.45. The SMILES string of the molecule is Nc1cc(Cl)c(F)c(S(=O)(=O)NCc2cccnn2)c1. The van der Waals surface area contributed by atoms with E-state index >= 15 is 0 Å². The zero-order valence-electron chi connectivity index (χ0n) is 10.0. The third-order valence-electron chi connectivity index (χ3n) is 2.38. The van der Waals surface area contributed by atoms with E-state index in [1.54, 1.807) is 12.1 Å². The van der Waals surface area contributed by atoms with Crippen LogP contribution in [-0.4, -0.2) is 18.6 Å². The standard InChI is InChI=1S/C11H10ClFN4O2S/c12-9-4-7(14)5-10(11(9)13)20(18,19)16-6-8-2-1-3-15-17-8/h1-5,16H,6,14H2. The largest absolute Gasteiger partial charge is 0.399 e. The lowest BCUT2D eigenvalue weighted by Gasteiger charge is -2.09. The van der Waals surface area contributed by atoms with Gasteiger partial charge < -0.3 is 5.73 Å². The molecule has 0 aliphatic heterocycles. The van der Waals surface area contributed by atoms with Crippen molar-refractivity contribution in [2.75, 3.05) is 5.73 Å². The molecule has 20 heavy (non-hydrogen) atoms. The molecule has 2 rings (SSSR count). The Bertz CT molecular complexity index is 725. The van der Waals surface area contributed by atoms with Gasteiger partial charge in [-0.15, -0.1) is 0 Å². The van der Waals surface area contributed by atoms with Crippen LogP contribution in [-0.2, 0) is 16.6 Å². The van der Waals surface area contributed by atoms with Gasteiger partial charge in [0.15, 0.2) is 5.82 Å². The fourth-order valence-corrected chi connectivity index (χ4v) is 2.87. The molecule has 1 aromatic heterocycles. The number of hydrogen-bond donors (Lipinski definition) is 2. The molecule has 0 radical (unpaired) electrons. The van der Waals surface area contributed by atoms with Gasteiger partial charge >= 0.3 is 0 Å². The van der Waals surface area contributed by atoms with Gasteiger partial charge in [-0.05, 0) is 24.3 Å². The number of nitrogens with one attached hydrogen (secondary N) is 1. The van der Waals surface area contributed by atoms with E-state index in [-0.39, 0.29) is 17.3 Å². The highest BCUT2D eigenvalue weighted by Gasteiger charge is 2.21. The molecule has 9 heteroatoms. The molecule has 0 saturated heterocycles. The summed E-state index contributed by atoms with van der Waals surface area (Å²) in [5, 5.41) is 6.96. The molecule has 106 valence electrons. The highest BCUT2D eigenvalue weighted by atomic mass is 35.5. The average molecular weight is 317 g/mol. The van der Waals surface area contributed by atoms with Crippen LogP contribution in [0.1, 0.15) is 5.69 Å². The summed E-state index contributed by atoms with van der Waals surface area (Å²) in [6.45, 7) is -0.123. The summed E-state index contributed by atoms with van der Waals surface area (Å²) >= 11 is 5.57. The van der Waals surface area contributed by atoms with Gasteiger partial charge in [0, 0.05) is 11.9 Å². The topological polar surface area (TPSA) is 98.0 Å². The Morgan fingerprint density at radius 2 is 2.15 bits per heavy atom. The Hall–Kier alpha value is -1.77. The number of nitrogens with zero attached hydrogens (tertiary/aromatic N) is 2. The van der Waals surface area contributed by atoms with Gasteiger partial charge in [-0.25, -0.2) is 17.5 Å². The number of sulfonamides is 1. The quantitative estimate of drug-likeness (QED) is 0.829. The van der Waals surface area contributed by atoms with Gasteiger partial charge in [0.25, 0.3) is 0 Å². The molecule has 0 saturated carbocycles. The maximum absolute atomic E-state index is 13.8. The molecule has 0 aliphatic rings. The van der Waals surface area contributed by atoms with E-state index in [0.29, 0.717) is 5.69 Å². The van der Waals surface area contributed by atoms with Crippen LogP contribution in [0.5, 0.6) is 0 Å². The molecule has 6 nitrogen and oxygen atoms in total. The number of nitrogen functional groups attached to an aromatic ring is 1. The predicted octanol–water partition coefficient (Wildman–Crippen LogP) is 1.33. The van der Waals surface area contributed by atoms with Crippen molar-refractivity contribution in [2.45, 2.75) is 11.4 Å². The van der Waals surface area contributed by atoms with Crippen LogP contribution < -0.4 is 10.5 Å². The van der Waals surface area contributed by atoms with Crippen molar-refractivity contribution in [3.8, 4) is 0 Å². The smallest absolute Gasteiger partial charge is 0.243 e. The van der Waals surface area contributed by atoms with Gasteiger partial charge in [-0.1, -0.05) is 11.6 Å². The lowest BCUT2D eigenvalue weighted by atomic mass is 10.3. The van der Waals surface area contributed by atoms with E-state index in [0.717, 1.165) is 12.1 Å². The predicted molar refractivity (Wildman–Crippen MR) is 71.9 cm³/mol. The van der Waals surface area contributed by atoms with E-state index in [4.69, 9.17) is 17.3 Å². The molecule has 0 spiro atoms. The van der Waals surface area contributed by atoms with Crippen molar-refractivity contribution in [2.24, 2.45) is 0 Å². The normalized spacial score (nSPS) is 11.5. The van der Waals surface area contributed by atoms with Crippen LogP contribution in [0.25, 0.3) is 0 Å². The molecule has 0 unspecified atom stereocenters. The average Bonchev–Trinajstić information content (AvgIpc) is 2.42. The molecule has 1 aromatic carbocycles. The van der Waals surface area contributed by atoms with Crippen LogP contribution in [0.15, 0.2) is 35.4 Å². The molecular weight excluding hydrogens is 307 g/mol. The number of nitrogens with two attached hydrogens (primary N) is 1. The number of benzene rings is 1. The van der Waals surface area contributed by atoms with Crippen LogP contribution in [0, 0.1) is 5.82 Å². The summed E-state index contributed by atoms with van der Waals surface area (Å²) in [6.07, 6.45) is 1.45. The Labute approximate surface area is 119 Å². The molecule has 3 N–H and O–H groups in total. The lowest BCUT2D eigenvalue weighted by molar-refractivity contribution is 0.556. The van der Waals surface area contributed by atoms with Crippen molar-refractivity contribution in [3.63, 3.8) is 0 Å². The number of halogens is 2. The molecule has 2 aromatic rings. The van der Waals surface area contributed by atoms with Crippen molar-refractivity contribution in [1.29, 1.82) is 0 Å². The first kappa shape index (κ1) is 14.6. The maximum atomic E-state index is 13.8. The van der Waals surface area contributed by atoms with E-state index < -0.39 is 20.7 Å². The first-order chi connectivity index (χ1) is 9.40. The molecule has 0 fully saturated rings. The molecule has 1 heterocycles. The molecule has 0 amide bonds. The minimum Gasteiger partial charge on any atom is -0.399 e. The summed E-state index contributed by atoms with van der Waals surface area (Å²) in [6, 6.07) is 5.32. The molecule has 0 bridgehead atoms. The Balaban J connectivity index is 2.27. The number of rotatable bonds is 4. The third-order valence-corrected chi connectivity index (χ3v) is 4.05. The van der Waals surface area contributed by atoms with Crippen molar-refractivity contribution < 1.29 is 12.8 Å². The van der Waals surface area contributed by atoms with E-state index in [1.165, 1.54) is 6.20 Å². The Morgan fingerprint density at radius 3 is 2.80 bits per heavy atom. The lowest BCUT2D eigenvalue weighted by Crippen LogP contribution is -2.25. The summed E-state index contributed by atoms with van der Waals surface area (Å²) in [4.78, 5) is -0.605. The summed E-state index contributed by atoms with van der Waals surface area (Å²) in [5.74, 6) is -1.05. The monoisotopic (exact) mass is 316 g/mol. The summed E-state index contributed by atoms with van der Waals surface area (Å²) < 4.78 is 40.0. The van der Waals surface area contributed by atoms with Crippen LogP contribution in [0.3, 0.4) is 0 Å². The van der Waals surface area contributed by atoms with Crippen molar-refractivity contribution in [1.82, 2.24) is 14.9 Å². The number of anilines is 1. The minimum atomic E-state index is -4.09. The van der Waals surface area contributed by atoms with Gasteiger partial charge in [0.2, 0.25) is 10.0 Å².